The molecule has 2 heterocycles. The van der Waals surface area contributed by atoms with Gasteiger partial charge in [0.2, 0.25) is 10.0 Å². The number of sulfonamides is 1. The molecule has 1 saturated heterocycles. The third kappa shape index (κ3) is 3.82. The Kier molecular flexibility index (Phi) is 5.77. The molecule has 0 radical (unpaired) electrons. The van der Waals surface area contributed by atoms with E-state index in [0.717, 1.165) is 24.8 Å². The summed E-state index contributed by atoms with van der Waals surface area (Å²) >= 11 is 0. The average Bonchev–Trinajstić information content (AvgIpc) is 3.32. The molecule has 34 heavy (non-hydrogen) atoms. The van der Waals surface area contributed by atoms with Crippen molar-refractivity contribution in [3.05, 3.63) is 69.6 Å². The van der Waals surface area contributed by atoms with Crippen LogP contribution < -0.4 is 5.56 Å². The lowest BCUT2D eigenvalue weighted by atomic mass is 10.1. The lowest BCUT2D eigenvalue weighted by molar-refractivity contribution is 0.0691. The third-order valence-electron chi connectivity index (χ3n) is 6.75. The Hall–Kier alpha value is -3.04. The van der Waals surface area contributed by atoms with E-state index in [-0.39, 0.29) is 49.4 Å². The standard InChI is InChI=1S/C25H28N4O4S/c1-17(2)29-24(30)22-9-4-3-8-21(22)23(26-29)25(31)27-12-14-28(15-13-27)34(32,33)20-11-10-18-6-5-7-19(18)16-20/h3-4,8-11,16-17H,5-7,12-15H2,1-2H3. The van der Waals surface area contributed by atoms with Crippen LogP contribution in [0.5, 0.6) is 0 Å². The van der Waals surface area contributed by atoms with Gasteiger partial charge in [0.05, 0.1) is 16.3 Å². The number of amides is 1. The molecule has 2 aromatic carbocycles. The van der Waals surface area contributed by atoms with Crippen LogP contribution in [0.15, 0.2) is 52.2 Å². The average molecular weight is 481 g/mol. The molecule has 0 N–H and O–H groups in total. The van der Waals surface area contributed by atoms with Crippen molar-refractivity contribution >= 4 is 26.7 Å². The predicted octanol–water partition coefficient (Wildman–Crippen LogP) is 2.61. The Morgan fingerprint density at radius 1 is 0.941 bits per heavy atom. The van der Waals surface area contributed by atoms with Gasteiger partial charge in [-0.3, -0.25) is 9.59 Å². The van der Waals surface area contributed by atoms with E-state index in [9.17, 15) is 18.0 Å². The molecule has 1 fully saturated rings. The number of carbonyl (C=O) groups excluding carboxylic acids is 1. The number of fused-ring (bicyclic) bond motifs is 2. The molecule has 8 nitrogen and oxygen atoms in total. The quantitative estimate of drug-likeness (QED) is 0.572. The summed E-state index contributed by atoms with van der Waals surface area (Å²) < 4.78 is 29.3. The molecule has 0 saturated carbocycles. The SMILES string of the molecule is CC(C)n1nc(C(=O)N2CCN(S(=O)(=O)c3ccc4c(c3)CCC4)CC2)c2ccccc2c1=O. The van der Waals surface area contributed by atoms with E-state index in [2.05, 4.69) is 5.10 Å². The monoisotopic (exact) mass is 480 g/mol. The minimum atomic E-state index is -3.62. The number of aromatic nitrogens is 2. The van der Waals surface area contributed by atoms with Crippen molar-refractivity contribution in [1.82, 2.24) is 19.0 Å². The van der Waals surface area contributed by atoms with Crippen LogP contribution in [0.2, 0.25) is 0 Å². The minimum Gasteiger partial charge on any atom is -0.335 e. The van der Waals surface area contributed by atoms with E-state index < -0.39 is 10.0 Å². The van der Waals surface area contributed by atoms with Crippen LogP contribution in [0.1, 0.15) is 47.9 Å². The highest BCUT2D eigenvalue weighted by Gasteiger charge is 2.32. The first-order chi connectivity index (χ1) is 16.3. The van der Waals surface area contributed by atoms with Crippen molar-refractivity contribution in [3.8, 4) is 0 Å². The van der Waals surface area contributed by atoms with Crippen molar-refractivity contribution in [1.29, 1.82) is 0 Å². The summed E-state index contributed by atoms with van der Waals surface area (Å²) in [4.78, 5) is 28.2. The van der Waals surface area contributed by atoms with Gasteiger partial charge in [-0.05, 0) is 62.4 Å². The Morgan fingerprint density at radius 2 is 1.62 bits per heavy atom. The van der Waals surface area contributed by atoms with E-state index in [4.69, 9.17) is 0 Å². The maximum atomic E-state index is 13.4. The number of hydrogen-bond acceptors (Lipinski definition) is 5. The summed E-state index contributed by atoms with van der Waals surface area (Å²) in [5, 5.41) is 5.37. The van der Waals surface area contributed by atoms with Crippen LogP contribution in [0, 0.1) is 0 Å². The summed E-state index contributed by atoms with van der Waals surface area (Å²) in [6.45, 7) is 4.65. The van der Waals surface area contributed by atoms with Gasteiger partial charge in [-0.1, -0.05) is 24.3 Å². The van der Waals surface area contributed by atoms with Crippen molar-refractivity contribution in [2.45, 2.75) is 44.0 Å². The van der Waals surface area contributed by atoms with E-state index in [1.165, 1.54) is 14.6 Å². The molecule has 1 amide bonds. The fourth-order valence-electron chi connectivity index (χ4n) is 4.85. The zero-order chi connectivity index (χ0) is 24.0. The fourth-order valence-corrected chi connectivity index (χ4v) is 6.33. The second kappa shape index (κ2) is 8.63. The molecule has 0 bridgehead atoms. The van der Waals surface area contributed by atoms with Crippen LogP contribution >= 0.6 is 0 Å². The number of carbonyl (C=O) groups is 1. The normalized spacial score (nSPS) is 16.9. The van der Waals surface area contributed by atoms with Gasteiger partial charge in [0.15, 0.2) is 5.69 Å². The number of benzene rings is 2. The van der Waals surface area contributed by atoms with Crippen LogP contribution in [-0.4, -0.2) is 59.5 Å². The van der Waals surface area contributed by atoms with Gasteiger partial charge in [-0.2, -0.15) is 9.40 Å². The fraction of sp³-hybridized carbons (Fsp3) is 0.400. The van der Waals surface area contributed by atoms with Gasteiger partial charge in [-0.25, -0.2) is 13.1 Å². The molecule has 2 aliphatic rings. The Bertz CT molecular complexity index is 1440. The van der Waals surface area contributed by atoms with Crippen LogP contribution in [0.3, 0.4) is 0 Å². The van der Waals surface area contributed by atoms with Gasteiger partial charge in [-0.15, -0.1) is 0 Å². The highest BCUT2D eigenvalue weighted by molar-refractivity contribution is 7.89. The summed E-state index contributed by atoms with van der Waals surface area (Å²) in [6.07, 6.45) is 2.98. The molecule has 1 aromatic heterocycles. The van der Waals surface area contributed by atoms with Crippen LogP contribution in [0.25, 0.3) is 10.8 Å². The summed E-state index contributed by atoms with van der Waals surface area (Å²) in [5.74, 6) is -0.292. The highest BCUT2D eigenvalue weighted by Crippen LogP contribution is 2.27. The molecule has 5 rings (SSSR count). The molecule has 9 heteroatoms. The molecule has 3 aromatic rings. The Morgan fingerprint density at radius 3 is 2.32 bits per heavy atom. The number of rotatable bonds is 4. The molecule has 0 spiro atoms. The summed E-state index contributed by atoms with van der Waals surface area (Å²) in [7, 11) is -3.62. The number of hydrogen-bond donors (Lipinski definition) is 0. The smallest absolute Gasteiger partial charge is 0.275 e. The largest absolute Gasteiger partial charge is 0.335 e. The van der Waals surface area contributed by atoms with E-state index >= 15 is 0 Å². The number of piperazine rings is 1. The van der Waals surface area contributed by atoms with E-state index in [1.54, 1.807) is 41.3 Å². The molecule has 178 valence electrons. The van der Waals surface area contributed by atoms with Crippen molar-refractivity contribution < 1.29 is 13.2 Å². The first-order valence-corrected chi connectivity index (χ1v) is 13.1. The zero-order valence-electron chi connectivity index (χ0n) is 19.4. The molecular weight excluding hydrogens is 452 g/mol. The van der Waals surface area contributed by atoms with Gasteiger partial charge in [0.1, 0.15) is 0 Å². The first kappa shape index (κ1) is 22.7. The van der Waals surface area contributed by atoms with Crippen molar-refractivity contribution in [3.63, 3.8) is 0 Å². The second-order valence-electron chi connectivity index (χ2n) is 9.22. The highest BCUT2D eigenvalue weighted by atomic mass is 32.2. The predicted molar refractivity (Wildman–Crippen MR) is 130 cm³/mol. The molecule has 0 atom stereocenters. The maximum Gasteiger partial charge on any atom is 0.275 e. The molecular formula is C25H28N4O4S. The topological polar surface area (TPSA) is 92.6 Å². The summed E-state index contributed by atoms with van der Waals surface area (Å²) in [6, 6.07) is 12.2. The number of nitrogens with zero attached hydrogens (tertiary/aromatic N) is 4. The summed E-state index contributed by atoms with van der Waals surface area (Å²) in [5.41, 5.74) is 2.34. The van der Waals surface area contributed by atoms with Crippen LogP contribution in [0.4, 0.5) is 0 Å². The van der Waals surface area contributed by atoms with Gasteiger partial charge >= 0.3 is 0 Å². The minimum absolute atomic E-state index is 0.196. The van der Waals surface area contributed by atoms with Gasteiger partial charge < -0.3 is 4.90 Å². The molecule has 1 aliphatic heterocycles. The van der Waals surface area contributed by atoms with Gasteiger partial charge in [0.25, 0.3) is 11.5 Å². The van der Waals surface area contributed by atoms with Crippen molar-refractivity contribution in [2.24, 2.45) is 0 Å². The molecule has 1 aliphatic carbocycles. The lowest BCUT2D eigenvalue weighted by Crippen LogP contribution is -2.50. The molecule has 0 unspecified atom stereocenters. The lowest BCUT2D eigenvalue weighted by Gasteiger charge is -2.34. The zero-order valence-corrected chi connectivity index (χ0v) is 20.2. The third-order valence-corrected chi connectivity index (χ3v) is 8.65. The van der Waals surface area contributed by atoms with E-state index in [1.807, 2.05) is 19.9 Å². The van der Waals surface area contributed by atoms with Crippen LogP contribution in [-0.2, 0) is 22.9 Å². The van der Waals surface area contributed by atoms with Crippen molar-refractivity contribution in [2.75, 3.05) is 26.2 Å². The first-order valence-electron chi connectivity index (χ1n) is 11.7. The van der Waals surface area contributed by atoms with E-state index in [0.29, 0.717) is 15.7 Å². The number of aryl methyl sites for hydroxylation is 2. The second-order valence-corrected chi connectivity index (χ2v) is 11.2. The van der Waals surface area contributed by atoms with Gasteiger partial charge in [0, 0.05) is 31.6 Å². The Labute approximate surface area is 198 Å². The Balaban J connectivity index is 1.38. The maximum absolute atomic E-state index is 13.4.